The third-order valence-electron chi connectivity index (χ3n) is 1.84. The topological polar surface area (TPSA) is 79.5 Å². The van der Waals surface area contributed by atoms with Crippen molar-refractivity contribution in [1.29, 1.82) is 0 Å². The van der Waals surface area contributed by atoms with E-state index < -0.39 is 11.9 Å². The number of hydrogen-bond acceptors (Lipinski definition) is 4. The summed E-state index contributed by atoms with van der Waals surface area (Å²) in [5, 5.41) is 11.3. The van der Waals surface area contributed by atoms with E-state index in [-0.39, 0.29) is 11.3 Å². The fourth-order valence-corrected chi connectivity index (χ4v) is 1.64. The molecule has 0 unspecified atom stereocenters. The average molecular weight is 255 g/mol. The van der Waals surface area contributed by atoms with Gasteiger partial charge in [-0.05, 0) is 0 Å². The highest BCUT2D eigenvalue weighted by molar-refractivity contribution is 7.99. The molecule has 0 radical (unpaired) electrons. The van der Waals surface area contributed by atoms with Crippen molar-refractivity contribution in [3.63, 3.8) is 0 Å². The second-order valence-corrected chi connectivity index (χ2v) is 4.27. The first kappa shape index (κ1) is 13.4. The Morgan fingerprint density at radius 1 is 1.59 bits per heavy atom. The SMILES string of the molecule is C=CCSCCNC(=O)c1cc(C(=O)O)co1. The number of aromatic carboxylic acids is 1. The minimum Gasteiger partial charge on any atom is -0.478 e. The maximum Gasteiger partial charge on any atom is 0.338 e. The van der Waals surface area contributed by atoms with E-state index in [2.05, 4.69) is 11.9 Å². The van der Waals surface area contributed by atoms with Crippen molar-refractivity contribution in [2.45, 2.75) is 0 Å². The quantitative estimate of drug-likeness (QED) is 0.571. The van der Waals surface area contributed by atoms with Gasteiger partial charge >= 0.3 is 5.97 Å². The summed E-state index contributed by atoms with van der Waals surface area (Å²) in [4.78, 5) is 22.1. The Labute approximate surface area is 103 Å². The van der Waals surface area contributed by atoms with Gasteiger partial charge in [-0.2, -0.15) is 11.8 Å². The molecule has 92 valence electrons. The number of furan rings is 1. The van der Waals surface area contributed by atoms with Gasteiger partial charge in [0.15, 0.2) is 5.76 Å². The number of rotatable bonds is 7. The number of carboxylic acids is 1. The number of hydrogen-bond donors (Lipinski definition) is 2. The smallest absolute Gasteiger partial charge is 0.338 e. The summed E-state index contributed by atoms with van der Waals surface area (Å²) in [5.41, 5.74) is -0.0313. The van der Waals surface area contributed by atoms with Crippen LogP contribution >= 0.6 is 11.8 Å². The highest BCUT2D eigenvalue weighted by atomic mass is 32.2. The van der Waals surface area contributed by atoms with Crippen LogP contribution in [0.3, 0.4) is 0 Å². The van der Waals surface area contributed by atoms with Gasteiger partial charge in [-0.25, -0.2) is 4.79 Å². The minimum atomic E-state index is -1.12. The van der Waals surface area contributed by atoms with E-state index in [0.717, 1.165) is 17.8 Å². The van der Waals surface area contributed by atoms with Crippen molar-refractivity contribution in [1.82, 2.24) is 5.32 Å². The molecule has 1 aromatic rings. The van der Waals surface area contributed by atoms with E-state index in [9.17, 15) is 9.59 Å². The molecule has 0 aliphatic heterocycles. The molecule has 0 spiro atoms. The largest absolute Gasteiger partial charge is 0.478 e. The molecule has 0 aliphatic carbocycles. The standard InChI is InChI=1S/C11H13NO4S/c1-2-4-17-5-3-12-10(13)9-6-8(7-16-9)11(14)15/h2,6-7H,1,3-5H2,(H,12,13)(H,14,15). The molecule has 1 amide bonds. The zero-order valence-corrected chi connectivity index (χ0v) is 9.96. The zero-order valence-electron chi connectivity index (χ0n) is 9.14. The first-order chi connectivity index (χ1) is 8.15. The van der Waals surface area contributed by atoms with Crippen LogP contribution in [0.2, 0.25) is 0 Å². The van der Waals surface area contributed by atoms with Gasteiger partial charge in [-0.3, -0.25) is 4.79 Å². The molecule has 0 saturated heterocycles. The molecule has 1 aromatic heterocycles. The van der Waals surface area contributed by atoms with E-state index in [1.165, 1.54) is 6.07 Å². The predicted octanol–water partition coefficient (Wildman–Crippen LogP) is 1.63. The first-order valence-corrected chi connectivity index (χ1v) is 6.09. The van der Waals surface area contributed by atoms with Crippen molar-refractivity contribution in [3.05, 3.63) is 36.3 Å². The lowest BCUT2D eigenvalue weighted by atomic mass is 10.3. The van der Waals surface area contributed by atoms with Crippen LogP contribution in [0.4, 0.5) is 0 Å². The Kier molecular flexibility index (Phi) is 5.35. The van der Waals surface area contributed by atoms with Crippen LogP contribution in [-0.4, -0.2) is 35.0 Å². The zero-order chi connectivity index (χ0) is 12.7. The molecule has 0 aromatic carbocycles. The minimum absolute atomic E-state index is 0.0103. The molecule has 17 heavy (non-hydrogen) atoms. The normalized spacial score (nSPS) is 9.88. The summed E-state index contributed by atoms with van der Waals surface area (Å²) < 4.78 is 4.85. The Hall–Kier alpha value is -1.69. The summed E-state index contributed by atoms with van der Waals surface area (Å²) >= 11 is 1.64. The van der Waals surface area contributed by atoms with E-state index in [1.807, 2.05) is 0 Å². The molecular formula is C11H13NO4S. The lowest BCUT2D eigenvalue weighted by molar-refractivity contribution is 0.0696. The van der Waals surface area contributed by atoms with Crippen molar-refractivity contribution in [2.24, 2.45) is 0 Å². The van der Waals surface area contributed by atoms with E-state index >= 15 is 0 Å². The molecule has 0 atom stereocenters. The summed E-state index contributed by atoms with van der Waals surface area (Å²) in [7, 11) is 0. The van der Waals surface area contributed by atoms with Crippen molar-refractivity contribution in [2.75, 3.05) is 18.1 Å². The van der Waals surface area contributed by atoms with Gasteiger partial charge in [0.1, 0.15) is 6.26 Å². The Morgan fingerprint density at radius 3 is 2.94 bits per heavy atom. The maximum atomic E-state index is 11.5. The van der Waals surface area contributed by atoms with Gasteiger partial charge in [0.25, 0.3) is 5.91 Å². The fourth-order valence-electron chi connectivity index (χ4n) is 1.06. The van der Waals surface area contributed by atoms with Crippen LogP contribution in [0.15, 0.2) is 29.4 Å². The van der Waals surface area contributed by atoms with Crippen LogP contribution < -0.4 is 5.32 Å². The van der Waals surface area contributed by atoms with Crippen LogP contribution in [0.25, 0.3) is 0 Å². The number of nitrogens with one attached hydrogen (secondary N) is 1. The third kappa shape index (κ3) is 4.36. The number of carbonyl (C=O) groups excluding carboxylic acids is 1. The molecule has 1 rings (SSSR count). The summed E-state index contributed by atoms with van der Waals surface area (Å²) in [6, 6.07) is 1.20. The molecule has 0 saturated carbocycles. The monoisotopic (exact) mass is 255 g/mol. The summed E-state index contributed by atoms with van der Waals surface area (Å²) in [5.74, 6) is 0.0893. The molecule has 0 bridgehead atoms. The van der Waals surface area contributed by atoms with E-state index in [4.69, 9.17) is 9.52 Å². The Bertz CT molecular complexity index is 413. The highest BCUT2D eigenvalue weighted by Gasteiger charge is 2.13. The Balaban J connectivity index is 2.36. The summed E-state index contributed by atoms with van der Waals surface area (Å²) in [6.07, 6.45) is 2.84. The van der Waals surface area contributed by atoms with Crippen molar-refractivity contribution < 1.29 is 19.1 Å². The fraction of sp³-hybridized carbons (Fsp3) is 0.273. The highest BCUT2D eigenvalue weighted by Crippen LogP contribution is 2.07. The number of carbonyl (C=O) groups is 2. The van der Waals surface area contributed by atoms with Crippen LogP contribution in [0.1, 0.15) is 20.9 Å². The second-order valence-electron chi connectivity index (χ2n) is 3.12. The average Bonchev–Trinajstić information content (AvgIpc) is 2.78. The van der Waals surface area contributed by atoms with Gasteiger partial charge < -0.3 is 14.8 Å². The number of carboxylic acid groups (broad SMARTS) is 1. The van der Waals surface area contributed by atoms with Gasteiger partial charge in [0.2, 0.25) is 0 Å². The predicted molar refractivity (Wildman–Crippen MR) is 65.5 cm³/mol. The molecular weight excluding hydrogens is 242 g/mol. The lowest BCUT2D eigenvalue weighted by Gasteiger charge is -2.01. The third-order valence-corrected chi connectivity index (χ3v) is 2.80. The lowest BCUT2D eigenvalue weighted by Crippen LogP contribution is -2.25. The van der Waals surface area contributed by atoms with Crippen LogP contribution in [0.5, 0.6) is 0 Å². The van der Waals surface area contributed by atoms with E-state index in [1.54, 1.807) is 17.8 Å². The van der Waals surface area contributed by atoms with Crippen molar-refractivity contribution >= 4 is 23.6 Å². The first-order valence-electron chi connectivity index (χ1n) is 4.94. The molecule has 0 fully saturated rings. The van der Waals surface area contributed by atoms with Gasteiger partial charge in [0, 0.05) is 24.1 Å². The molecule has 6 heteroatoms. The molecule has 5 nitrogen and oxygen atoms in total. The molecule has 1 heterocycles. The van der Waals surface area contributed by atoms with Gasteiger partial charge in [0.05, 0.1) is 5.56 Å². The van der Waals surface area contributed by atoms with E-state index in [0.29, 0.717) is 6.54 Å². The second kappa shape index (κ2) is 6.80. The summed E-state index contributed by atoms with van der Waals surface area (Å²) in [6.45, 7) is 4.08. The van der Waals surface area contributed by atoms with Crippen LogP contribution in [0, 0.1) is 0 Å². The molecule has 0 aliphatic rings. The molecule has 2 N–H and O–H groups in total. The number of amides is 1. The number of thioether (sulfide) groups is 1. The van der Waals surface area contributed by atoms with Gasteiger partial charge in [-0.1, -0.05) is 6.08 Å². The van der Waals surface area contributed by atoms with Crippen LogP contribution in [-0.2, 0) is 0 Å². The maximum absolute atomic E-state index is 11.5. The van der Waals surface area contributed by atoms with Crippen molar-refractivity contribution in [3.8, 4) is 0 Å². The Morgan fingerprint density at radius 2 is 2.35 bits per heavy atom. The van der Waals surface area contributed by atoms with Gasteiger partial charge in [-0.15, -0.1) is 6.58 Å².